The summed E-state index contributed by atoms with van der Waals surface area (Å²) in [7, 11) is 0. The summed E-state index contributed by atoms with van der Waals surface area (Å²) in [6.07, 6.45) is 0. The molecule has 13 heavy (non-hydrogen) atoms. The van der Waals surface area contributed by atoms with Gasteiger partial charge in [0.1, 0.15) is 0 Å². The lowest BCUT2D eigenvalue weighted by Gasteiger charge is -2.26. The number of aliphatic hydroxyl groups is 1. The van der Waals surface area contributed by atoms with Gasteiger partial charge in [0, 0.05) is 0 Å². The van der Waals surface area contributed by atoms with Crippen LogP contribution in [0.15, 0.2) is 24.3 Å². The highest BCUT2D eigenvalue weighted by Gasteiger charge is 2.24. The number of hydrogen-bond acceptors (Lipinski definition) is 2. The van der Waals surface area contributed by atoms with Crippen LogP contribution in [0.5, 0.6) is 0 Å². The molecular formula is C11H17NO. The molecule has 0 aliphatic rings. The van der Waals surface area contributed by atoms with Gasteiger partial charge in [0.25, 0.3) is 0 Å². The molecular weight excluding hydrogens is 162 g/mol. The minimum atomic E-state index is -0.867. The quantitative estimate of drug-likeness (QED) is 0.726. The van der Waals surface area contributed by atoms with E-state index in [1.807, 2.05) is 31.2 Å². The van der Waals surface area contributed by atoms with Crippen LogP contribution in [0.4, 0.5) is 0 Å². The zero-order chi connectivity index (χ0) is 10.1. The first-order chi connectivity index (χ1) is 5.91. The van der Waals surface area contributed by atoms with Gasteiger partial charge in [0.15, 0.2) is 0 Å². The van der Waals surface area contributed by atoms with Crippen LogP contribution < -0.4 is 5.73 Å². The Labute approximate surface area is 79.4 Å². The van der Waals surface area contributed by atoms with Crippen LogP contribution in [-0.2, 0) is 0 Å². The van der Waals surface area contributed by atoms with Gasteiger partial charge in [-0.25, -0.2) is 0 Å². The van der Waals surface area contributed by atoms with Crippen LogP contribution >= 0.6 is 0 Å². The predicted octanol–water partition coefficient (Wildman–Crippen LogP) is 1.77. The van der Waals surface area contributed by atoms with Crippen molar-refractivity contribution in [3.05, 3.63) is 35.4 Å². The van der Waals surface area contributed by atoms with Crippen LogP contribution in [0.1, 0.15) is 31.0 Å². The highest BCUT2D eigenvalue weighted by Crippen LogP contribution is 2.22. The smallest absolute Gasteiger partial charge is 0.0783 e. The predicted molar refractivity (Wildman–Crippen MR) is 54.4 cm³/mol. The zero-order valence-corrected chi connectivity index (χ0v) is 8.41. The average Bonchev–Trinajstić information content (AvgIpc) is 2.01. The van der Waals surface area contributed by atoms with E-state index < -0.39 is 5.60 Å². The van der Waals surface area contributed by atoms with Gasteiger partial charge in [-0.05, 0) is 26.3 Å². The van der Waals surface area contributed by atoms with Crippen molar-refractivity contribution in [2.75, 3.05) is 0 Å². The van der Waals surface area contributed by atoms with E-state index in [-0.39, 0.29) is 6.04 Å². The molecule has 2 nitrogen and oxygen atoms in total. The third-order valence-electron chi connectivity index (χ3n) is 2.16. The van der Waals surface area contributed by atoms with E-state index in [4.69, 9.17) is 5.73 Å². The fourth-order valence-corrected chi connectivity index (χ4v) is 1.27. The van der Waals surface area contributed by atoms with Crippen LogP contribution in [0, 0.1) is 6.92 Å². The molecule has 1 atom stereocenters. The molecule has 0 spiro atoms. The third-order valence-corrected chi connectivity index (χ3v) is 2.16. The Bertz CT molecular complexity index is 288. The molecule has 1 aromatic carbocycles. The topological polar surface area (TPSA) is 46.2 Å². The van der Waals surface area contributed by atoms with Gasteiger partial charge in [-0.3, -0.25) is 0 Å². The van der Waals surface area contributed by atoms with E-state index in [0.717, 1.165) is 11.1 Å². The molecule has 0 aromatic heterocycles. The van der Waals surface area contributed by atoms with E-state index in [1.54, 1.807) is 13.8 Å². The lowest BCUT2D eigenvalue weighted by molar-refractivity contribution is 0.0517. The molecule has 0 amide bonds. The summed E-state index contributed by atoms with van der Waals surface area (Å²) in [5.41, 5.74) is 7.17. The molecule has 0 aliphatic heterocycles. The van der Waals surface area contributed by atoms with Crippen LogP contribution in [0.3, 0.4) is 0 Å². The number of nitrogens with two attached hydrogens (primary N) is 1. The average molecular weight is 179 g/mol. The van der Waals surface area contributed by atoms with E-state index >= 15 is 0 Å². The van der Waals surface area contributed by atoms with Crippen molar-refractivity contribution >= 4 is 0 Å². The number of aryl methyl sites for hydroxylation is 1. The van der Waals surface area contributed by atoms with Crippen molar-refractivity contribution in [3.8, 4) is 0 Å². The third kappa shape index (κ3) is 2.54. The van der Waals surface area contributed by atoms with Crippen molar-refractivity contribution in [1.82, 2.24) is 0 Å². The summed E-state index contributed by atoms with van der Waals surface area (Å²) in [5.74, 6) is 0. The largest absolute Gasteiger partial charge is 0.388 e. The minimum Gasteiger partial charge on any atom is -0.388 e. The van der Waals surface area contributed by atoms with Gasteiger partial charge in [-0.1, -0.05) is 29.8 Å². The summed E-state index contributed by atoms with van der Waals surface area (Å²) in [6.45, 7) is 5.46. The minimum absolute atomic E-state index is 0.326. The van der Waals surface area contributed by atoms with Crippen molar-refractivity contribution in [1.29, 1.82) is 0 Å². The first-order valence-corrected chi connectivity index (χ1v) is 4.46. The van der Waals surface area contributed by atoms with Crippen molar-refractivity contribution < 1.29 is 5.11 Å². The van der Waals surface area contributed by atoms with Crippen LogP contribution in [0.2, 0.25) is 0 Å². The lowest BCUT2D eigenvalue weighted by Crippen LogP contribution is -2.35. The molecule has 1 rings (SSSR count). The molecule has 72 valence electrons. The summed E-state index contributed by atoms with van der Waals surface area (Å²) in [6, 6.07) is 7.59. The molecule has 0 radical (unpaired) electrons. The Morgan fingerprint density at radius 3 is 2.46 bits per heavy atom. The Kier molecular flexibility index (Phi) is 2.74. The highest BCUT2D eigenvalue weighted by molar-refractivity contribution is 5.26. The lowest BCUT2D eigenvalue weighted by atomic mass is 9.92. The van der Waals surface area contributed by atoms with Crippen molar-refractivity contribution in [3.63, 3.8) is 0 Å². The Balaban J connectivity index is 2.96. The SMILES string of the molecule is Cc1cccc(C(N)C(C)(C)O)c1. The van der Waals surface area contributed by atoms with Gasteiger partial charge < -0.3 is 10.8 Å². The Morgan fingerprint density at radius 2 is 2.00 bits per heavy atom. The van der Waals surface area contributed by atoms with Gasteiger partial charge in [-0.2, -0.15) is 0 Å². The van der Waals surface area contributed by atoms with E-state index in [2.05, 4.69) is 0 Å². The van der Waals surface area contributed by atoms with E-state index in [0.29, 0.717) is 0 Å². The summed E-state index contributed by atoms with van der Waals surface area (Å²) in [4.78, 5) is 0. The maximum absolute atomic E-state index is 9.71. The zero-order valence-electron chi connectivity index (χ0n) is 8.41. The summed E-state index contributed by atoms with van der Waals surface area (Å²) >= 11 is 0. The molecule has 0 fully saturated rings. The van der Waals surface area contributed by atoms with E-state index in [9.17, 15) is 5.11 Å². The summed E-state index contributed by atoms with van der Waals surface area (Å²) < 4.78 is 0. The monoisotopic (exact) mass is 179 g/mol. The highest BCUT2D eigenvalue weighted by atomic mass is 16.3. The first kappa shape index (κ1) is 10.2. The Hall–Kier alpha value is -0.860. The normalized spacial score (nSPS) is 14.2. The molecule has 0 saturated heterocycles. The van der Waals surface area contributed by atoms with Gasteiger partial charge in [-0.15, -0.1) is 0 Å². The molecule has 3 N–H and O–H groups in total. The molecule has 1 unspecified atom stereocenters. The van der Waals surface area contributed by atoms with Crippen LogP contribution in [0.25, 0.3) is 0 Å². The second-order valence-corrected chi connectivity index (χ2v) is 4.05. The second-order valence-electron chi connectivity index (χ2n) is 4.05. The molecule has 0 saturated carbocycles. The van der Waals surface area contributed by atoms with Crippen molar-refractivity contribution in [2.24, 2.45) is 5.73 Å². The maximum Gasteiger partial charge on any atom is 0.0783 e. The fraction of sp³-hybridized carbons (Fsp3) is 0.455. The Morgan fingerprint density at radius 1 is 1.38 bits per heavy atom. The standard InChI is InChI=1S/C11H17NO/c1-8-5-4-6-9(7-8)10(12)11(2,3)13/h4-7,10,13H,12H2,1-3H3. The van der Waals surface area contributed by atoms with Gasteiger partial charge in [0.2, 0.25) is 0 Å². The summed E-state index contributed by atoms with van der Waals surface area (Å²) in [5, 5.41) is 9.71. The van der Waals surface area contributed by atoms with Crippen molar-refractivity contribution in [2.45, 2.75) is 32.4 Å². The van der Waals surface area contributed by atoms with Gasteiger partial charge >= 0.3 is 0 Å². The first-order valence-electron chi connectivity index (χ1n) is 4.46. The molecule has 0 aliphatic carbocycles. The fourth-order valence-electron chi connectivity index (χ4n) is 1.27. The molecule has 0 heterocycles. The molecule has 2 heteroatoms. The van der Waals surface area contributed by atoms with E-state index in [1.165, 1.54) is 0 Å². The molecule has 0 bridgehead atoms. The number of rotatable bonds is 2. The maximum atomic E-state index is 9.71. The van der Waals surface area contributed by atoms with Crippen LogP contribution in [-0.4, -0.2) is 10.7 Å². The number of benzene rings is 1. The molecule has 1 aromatic rings. The number of hydrogen-bond donors (Lipinski definition) is 2. The second kappa shape index (κ2) is 3.48. The van der Waals surface area contributed by atoms with Gasteiger partial charge in [0.05, 0.1) is 11.6 Å².